The van der Waals surface area contributed by atoms with Crippen molar-refractivity contribution in [2.24, 2.45) is 0 Å². The van der Waals surface area contributed by atoms with Gasteiger partial charge in [0.1, 0.15) is 11.8 Å². The normalized spacial score (nSPS) is 25.1. The van der Waals surface area contributed by atoms with Gasteiger partial charge in [-0.1, -0.05) is 0 Å². The molecular formula is C15H23N7O2. The molecule has 0 saturated carbocycles. The highest BCUT2D eigenvalue weighted by molar-refractivity contribution is 5.81. The first kappa shape index (κ1) is 16.6. The van der Waals surface area contributed by atoms with E-state index in [-0.39, 0.29) is 11.9 Å². The predicted octanol–water partition coefficient (Wildman–Crippen LogP) is -0.505. The molecule has 1 aliphatic heterocycles. The average Bonchev–Trinajstić information content (AvgIpc) is 2.91. The van der Waals surface area contributed by atoms with Crippen molar-refractivity contribution in [2.45, 2.75) is 25.0 Å². The third kappa shape index (κ3) is 2.92. The molecule has 9 nitrogen and oxygen atoms in total. The van der Waals surface area contributed by atoms with Crippen LogP contribution < -0.4 is 5.73 Å². The number of anilines is 1. The maximum absolute atomic E-state index is 11.9. The third-order valence-corrected chi connectivity index (χ3v) is 4.56. The van der Waals surface area contributed by atoms with Gasteiger partial charge in [-0.2, -0.15) is 0 Å². The van der Waals surface area contributed by atoms with Crippen molar-refractivity contribution in [1.82, 2.24) is 29.3 Å². The fraction of sp³-hybridized carbons (Fsp3) is 0.600. The Hall–Kier alpha value is -2.26. The van der Waals surface area contributed by atoms with Crippen LogP contribution in [0.1, 0.15) is 19.4 Å². The van der Waals surface area contributed by atoms with Gasteiger partial charge in [-0.25, -0.2) is 15.0 Å². The Labute approximate surface area is 140 Å². The predicted molar refractivity (Wildman–Crippen MR) is 89.1 cm³/mol. The number of likely N-dealkylation sites (N-methyl/N-ethyl adjacent to an activating group) is 1. The number of imidazole rings is 1. The number of rotatable bonds is 3. The SMILES string of the molecule is CN(C)C(=O)CN1CC[C@@H](n2cnc3c(N)ncnc32)[C@](C)(O)C1. The minimum atomic E-state index is -1.02. The summed E-state index contributed by atoms with van der Waals surface area (Å²) < 4.78 is 1.86. The van der Waals surface area contributed by atoms with Crippen molar-refractivity contribution in [2.75, 3.05) is 39.5 Å². The molecule has 24 heavy (non-hydrogen) atoms. The standard InChI is InChI=1S/C15H23N7O2/c1-15(24)7-21(6-11(23)20(2)3)5-4-10(15)22-9-19-12-13(16)17-8-18-14(12)22/h8-10,24H,4-7H2,1-3H3,(H2,16,17,18)/t10-,15-/m1/s1. The lowest BCUT2D eigenvalue weighted by atomic mass is 9.88. The number of fused-ring (bicyclic) bond motifs is 1. The minimum absolute atomic E-state index is 0.0258. The molecule has 2 aromatic rings. The number of hydrogen-bond donors (Lipinski definition) is 2. The molecule has 2 atom stereocenters. The van der Waals surface area contributed by atoms with E-state index >= 15 is 0 Å². The number of carbonyl (C=O) groups excluding carboxylic acids is 1. The first-order chi connectivity index (χ1) is 11.3. The van der Waals surface area contributed by atoms with Crippen LogP contribution in [0.3, 0.4) is 0 Å². The monoisotopic (exact) mass is 333 g/mol. The summed E-state index contributed by atoms with van der Waals surface area (Å²) >= 11 is 0. The maximum Gasteiger partial charge on any atom is 0.236 e. The van der Waals surface area contributed by atoms with Crippen LogP contribution in [0, 0.1) is 0 Å². The second-order valence-electron chi connectivity index (χ2n) is 6.74. The molecular weight excluding hydrogens is 310 g/mol. The zero-order valence-electron chi connectivity index (χ0n) is 14.2. The van der Waals surface area contributed by atoms with E-state index in [1.54, 1.807) is 32.2 Å². The van der Waals surface area contributed by atoms with Gasteiger partial charge in [0.2, 0.25) is 5.91 Å². The maximum atomic E-state index is 11.9. The number of β-amino-alcohol motifs (C(OH)–C–C–N with tert-alkyl or cyclic N) is 1. The summed E-state index contributed by atoms with van der Waals surface area (Å²) in [7, 11) is 3.46. The molecule has 3 N–H and O–H groups in total. The number of aliphatic hydroxyl groups is 1. The summed E-state index contributed by atoms with van der Waals surface area (Å²) in [6, 6.07) is -0.192. The number of nitrogen functional groups attached to an aromatic ring is 1. The molecule has 0 aliphatic carbocycles. The van der Waals surface area contributed by atoms with Gasteiger partial charge in [-0.3, -0.25) is 9.69 Å². The molecule has 2 aromatic heterocycles. The largest absolute Gasteiger partial charge is 0.387 e. The van der Waals surface area contributed by atoms with Gasteiger partial charge in [0.05, 0.1) is 24.5 Å². The van der Waals surface area contributed by atoms with Crippen molar-refractivity contribution < 1.29 is 9.90 Å². The number of likely N-dealkylation sites (tertiary alicyclic amines) is 1. The summed E-state index contributed by atoms with van der Waals surface area (Å²) in [5, 5.41) is 11.0. The van der Waals surface area contributed by atoms with E-state index in [1.165, 1.54) is 6.33 Å². The quantitative estimate of drug-likeness (QED) is 0.778. The summed E-state index contributed by atoms with van der Waals surface area (Å²) in [5.41, 5.74) is 5.97. The third-order valence-electron chi connectivity index (χ3n) is 4.56. The highest BCUT2D eigenvalue weighted by Gasteiger charge is 2.40. The Kier molecular flexibility index (Phi) is 4.14. The second kappa shape index (κ2) is 5.99. The van der Waals surface area contributed by atoms with Gasteiger partial charge < -0.3 is 20.3 Å². The number of amides is 1. The molecule has 1 saturated heterocycles. The van der Waals surface area contributed by atoms with E-state index in [0.29, 0.717) is 43.0 Å². The van der Waals surface area contributed by atoms with Gasteiger partial charge in [0.15, 0.2) is 11.5 Å². The summed E-state index contributed by atoms with van der Waals surface area (Å²) in [6.07, 6.45) is 3.73. The summed E-state index contributed by atoms with van der Waals surface area (Å²) in [5.74, 6) is 0.352. The lowest BCUT2D eigenvalue weighted by Crippen LogP contribution is -2.54. The van der Waals surface area contributed by atoms with Crippen molar-refractivity contribution in [3.05, 3.63) is 12.7 Å². The van der Waals surface area contributed by atoms with Crippen molar-refractivity contribution in [3.63, 3.8) is 0 Å². The van der Waals surface area contributed by atoms with Crippen LogP contribution in [0.4, 0.5) is 5.82 Å². The number of piperidine rings is 1. The van der Waals surface area contributed by atoms with E-state index in [1.807, 2.05) is 9.47 Å². The van der Waals surface area contributed by atoms with Crippen LogP contribution in [0.5, 0.6) is 0 Å². The average molecular weight is 333 g/mol. The van der Waals surface area contributed by atoms with Gasteiger partial charge in [0, 0.05) is 27.2 Å². The summed E-state index contributed by atoms with van der Waals surface area (Å²) in [6.45, 7) is 3.19. The van der Waals surface area contributed by atoms with E-state index in [0.717, 1.165) is 0 Å². The van der Waals surface area contributed by atoms with Gasteiger partial charge in [0.25, 0.3) is 0 Å². The molecule has 1 aliphatic rings. The van der Waals surface area contributed by atoms with Gasteiger partial charge in [-0.15, -0.1) is 0 Å². The molecule has 1 fully saturated rings. The molecule has 0 radical (unpaired) electrons. The van der Waals surface area contributed by atoms with E-state index in [9.17, 15) is 9.90 Å². The molecule has 9 heteroatoms. The molecule has 0 aromatic carbocycles. The van der Waals surface area contributed by atoms with Crippen molar-refractivity contribution in [1.29, 1.82) is 0 Å². The molecule has 3 heterocycles. The molecule has 1 amide bonds. The first-order valence-corrected chi connectivity index (χ1v) is 7.87. The number of hydrogen-bond acceptors (Lipinski definition) is 7. The zero-order valence-corrected chi connectivity index (χ0v) is 14.2. The molecule has 0 spiro atoms. The number of aromatic nitrogens is 4. The van der Waals surface area contributed by atoms with Crippen molar-refractivity contribution >= 4 is 22.9 Å². The van der Waals surface area contributed by atoms with Crippen LogP contribution in [0.25, 0.3) is 11.2 Å². The number of carbonyl (C=O) groups is 1. The van der Waals surface area contributed by atoms with Crippen LogP contribution in [-0.4, -0.2) is 79.7 Å². The fourth-order valence-electron chi connectivity index (χ4n) is 3.26. The van der Waals surface area contributed by atoms with Crippen LogP contribution >= 0.6 is 0 Å². The van der Waals surface area contributed by atoms with E-state index < -0.39 is 5.60 Å². The Balaban J connectivity index is 1.83. The molecule has 3 rings (SSSR count). The summed E-state index contributed by atoms with van der Waals surface area (Å²) in [4.78, 5) is 27.9. The lowest BCUT2D eigenvalue weighted by Gasteiger charge is -2.43. The second-order valence-corrected chi connectivity index (χ2v) is 6.74. The minimum Gasteiger partial charge on any atom is -0.387 e. The topological polar surface area (TPSA) is 113 Å². The fourth-order valence-corrected chi connectivity index (χ4v) is 3.26. The highest BCUT2D eigenvalue weighted by Crippen LogP contribution is 2.33. The van der Waals surface area contributed by atoms with Gasteiger partial charge in [-0.05, 0) is 13.3 Å². The van der Waals surface area contributed by atoms with Crippen molar-refractivity contribution in [3.8, 4) is 0 Å². The van der Waals surface area contributed by atoms with Gasteiger partial charge >= 0.3 is 0 Å². The van der Waals surface area contributed by atoms with Crippen LogP contribution in [0.15, 0.2) is 12.7 Å². The zero-order chi connectivity index (χ0) is 17.5. The molecule has 130 valence electrons. The molecule has 0 bridgehead atoms. The molecule has 0 unspecified atom stereocenters. The lowest BCUT2D eigenvalue weighted by molar-refractivity contribution is -0.132. The van der Waals surface area contributed by atoms with Crippen LogP contribution in [0.2, 0.25) is 0 Å². The van der Waals surface area contributed by atoms with Crippen LogP contribution in [-0.2, 0) is 4.79 Å². The Bertz CT molecular complexity index is 755. The Morgan fingerprint density at radius 3 is 2.88 bits per heavy atom. The Morgan fingerprint density at radius 1 is 1.46 bits per heavy atom. The smallest absolute Gasteiger partial charge is 0.236 e. The number of nitrogens with two attached hydrogens (primary N) is 1. The first-order valence-electron chi connectivity index (χ1n) is 7.87. The highest BCUT2D eigenvalue weighted by atomic mass is 16.3. The van der Waals surface area contributed by atoms with E-state index in [2.05, 4.69) is 15.0 Å². The number of nitrogens with zero attached hydrogens (tertiary/aromatic N) is 6. The van der Waals surface area contributed by atoms with E-state index in [4.69, 9.17) is 5.73 Å². The Morgan fingerprint density at radius 2 is 2.21 bits per heavy atom.